The maximum Gasteiger partial charge on any atom is 0.0110 e. The summed E-state index contributed by atoms with van der Waals surface area (Å²) < 4.78 is 0. The third-order valence-corrected chi connectivity index (χ3v) is 4.30. The van der Waals surface area contributed by atoms with Crippen molar-refractivity contribution in [3.8, 4) is 0 Å². The van der Waals surface area contributed by atoms with Gasteiger partial charge in [0.05, 0.1) is 0 Å². The van der Waals surface area contributed by atoms with Gasteiger partial charge in [0.15, 0.2) is 0 Å². The van der Waals surface area contributed by atoms with Crippen LogP contribution in [0, 0.1) is 5.92 Å². The maximum atomic E-state index is 3.66. The zero-order chi connectivity index (χ0) is 14.3. The van der Waals surface area contributed by atoms with Crippen molar-refractivity contribution in [2.45, 2.75) is 59.5 Å². The van der Waals surface area contributed by atoms with Gasteiger partial charge in [0.2, 0.25) is 0 Å². The first-order valence-electron chi connectivity index (χ1n) is 8.23. The molecule has 1 heterocycles. The van der Waals surface area contributed by atoms with Crippen LogP contribution in [0.1, 0.15) is 47.5 Å². The number of rotatable bonds is 9. The SMILES string of the molecule is CCCN(CCNCC1CCN(C(C)C)C1)C(C)C. The third-order valence-electron chi connectivity index (χ3n) is 4.30. The van der Waals surface area contributed by atoms with Crippen molar-refractivity contribution in [2.24, 2.45) is 5.92 Å². The lowest BCUT2D eigenvalue weighted by Gasteiger charge is -2.26. The summed E-state index contributed by atoms with van der Waals surface area (Å²) in [5, 5.41) is 3.66. The molecule has 0 amide bonds. The minimum absolute atomic E-state index is 0.671. The standard InChI is InChI=1S/C16H35N3/c1-6-9-18(14(2)3)11-8-17-12-16-7-10-19(13-16)15(4)5/h14-17H,6-13H2,1-5H3. The van der Waals surface area contributed by atoms with Crippen LogP contribution in [0.25, 0.3) is 0 Å². The van der Waals surface area contributed by atoms with Gasteiger partial charge in [-0.25, -0.2) is 0 Å². The lowest BCUT2D eigenvalue weighted by atomic mass is 10.1. The molecule has 1 rings (SSSR count). The summed E-state index contributed by atoms with van der Waals surface area (Å²) in [5.41, 5.74) is 0. The fraction of sp³-hybridized carbons (Fsp3) is 1.00. The van der Waals surface area contributed by atoms with E-state index in [1.165, 1.54) is 45.6 Å². The topological polar surface area (TPSA) is 18.5 Å². The second-order valence-corrected chi connectivity index (χ2v) is 6.58. The van der Waals surface area contributed by atoms with Crippen molar-refractivity contribution in [1.29, 1.82) is 0 Å². The second kappa shape index (κ2) is 8.93. The molecule has 0 aromatic carbocycles. The third kappa shape index (κ3) is 6.24. The van der Waals surface area contributed by atoms with Crippen LogP contribution in [-0.2, 0) is 0 Å². The molecule has 1 saturated heterocycles. The summed E-state index contributed by atoms with van der Waals surface area (Å²) in [5.74, 6) is 0.862. The Kier molecular flexibility index (Phi) is 7.96. The Balaban J connectivity index is 2.10. The summed E-state index contributed by atoms with van der Waals surface area (Å²) in [4.78, 5) is 5.17. The van der Waals surface area contributed by atoms with E-state index in [9.17, 15) is 0 Å². The van der Waals surface area contributed by atoms with Crippen molar-refractivity contribution >= 4 is 0 Å². The van der Waals surface area contributed by atoms with Crippen LogP contribution in [0.2, 0.25) is 0 Å². The molecule has 3 heteroatoms. The highest BCUT2D eigenvalue weighted by Crippen LogP contribution is 2.17. The molecule has 1 atom stereocenters. The lowest BCUT2D eigenvalue weighted by molar-refractivity contribution is 0.220. The predicted octanol–water partition coefficient (Wildman–Crippen LogP) is 2.43. The van der Waals surface area contributed by atoms with Gasteiger partial charge >= 0.3 is 0 Å². The van der Waals surface area contributed by atoms with E-state index in [-0.39, 0.29) is 0 Å². The number of hydrogen-bond donors (Lipinski definition) is 1. The van der Waals surface area contributed by atoms with Crippen LogP contribution < -0.4 is 5.32 Å². The van der Waals surface area contributed by atoms with Gasteiger partial charge in [-0.2, -0.15) is 0 Å². The van der Waals surface area contributed by atoms with Gasteiger partial charge in [-0.05, 0) is 66.1 Å². The largest absolute Gasteiger partial charge is 0.315 e. The second-order valence-electron chi connectivity index (χ2n) is 6.58. The minimum Gasteiger partial charge on any atom is -0.315 e. The van der Waals surface area contributed by atoms with Crippen molar-refractivity contribution in [2.75, 3.05) is 39.3 Å². The first-order chi connectivity index (χ1) is 9.04. The molecule has 1 unspecified atom stereocenters. The Labute approximate surface area is 120 Å². The number of likely N-dealkylation sites (tertiary alicyclic amines) is 1. The van der Waals surface area contributed by atoms with Gasteiger partial charge in [-0.3, -0.25) is 4.90 Å². The van der Waals surface area contributed by atoms with Crippen LogP contribution in [0.15, 0.2) is 0 Å². The molecule has 0 aromatic rings. The van der Waals surface area contributed by atoms with E-state index in [0.29, 0.717) is 12.1 Å². The Morgan fingerprint density at radius 3 is 2.47 bits per heavy atom. The Bertz CT molecular complexity index is 228. The molecular formula is C16H35N3. The van der Waals surface area contributed by atoms with Gasteiger partial charge in [0.25, 0.3) is 0 Å². The van der Waals surface area contributed by atoms with Crippen LogP contribution >= 0.6 is 0 Å². The molecular weight excluding hydrogens is 234 g/mol. The first-order valence-corrected chi connectivity index (χ1v) is 8.23. The summed E-state index contributed by atoms with van der Waals surface area (Å²) in [6.45, 7) is 18.8. The normalized spacial score (nSPS) is 21.2. The quantitative estimate of drug-likeness (QED) is 0.649. The molecule has 1 fully saturated rings. The van der Waals surface area contributed by atoms with E-state index in [2.05, 4.69) is 49.7 Å². The molecule has 1 N–H and O–H groups in total. The molecule has 0 aliphatic carbocycles. The van der Waals surface area contributed by atoms with Gasteiger partial charge < -0.3 is 10.2 Å². The van der Waals surface area contributed by atoms with Crippen LogP contribution in [0.5, 0.6) is 0 Å². The zero-order valence-electron chi connectivity index (χ0n) is 13.8. The van der Waals surface area contributed by atoms with Gasteiger partial charge in [-0.15, -0.1) is 0 Å². The van der Waals surface area contributed by atoms with Crippen molar-refractivity contribution in [3.05, 3.63) is 0 Å². The van der Waals surface area contributed by atoms with Crippen LogP contribution in [0.4, 0.5) is 0 Å². The van der Waals surface area contributed by atoms with E-state index < -0.39 is 0 Å². The van der Waals surface area contributed by atoms with Crippen LogP contribution in [-0.4, -0.2) is 61.2 Å². The summed E-state index contributed by atoms with van der Waals surface area (Å²) in [6, 6.07) is 1.38. The highest BCUT2D eigenvalue weighted by atomic mass is 15.2. The molecule has 114 valence electrons. The van der Waals surface area contributed by atoms with Gasteiger partial charge in [-0.1, -0.05) is 6.92 Å². The Morgan fingerprint density at radius 1 is 1.21 bits per heavy atom. The lowest BCUT2D eigenvalue weighted by Crippen LogP contribution is -2.38. The minimum atomic E-state index is 0.671. The fourth-order valence-corrected chi connectivity index (χ4v) is 2.94. The summed E-state index contributed by atoms with van der Waals surface area (Å²) >= 11 is 0. The Morgan fingerprint density at radius 2 is 1.95 bits per heavy atom. The number of nitrogens with zero attached hydrogens (tertiary/aromatic N) is 2. The average molecular weight is 269 g/mol. The van der Waals surface area contributed by atoms with Crippen molar-refractivity contribution < 1.29 is 0 Å². The van der Waals surface area contributed by atoms with Gasteiger partial charge in [0.1, 0.15) is 0 Å². The fourth-order valence-electron chi connectivity index (χ4n) is 2.94. The average Bonchev–Trinajstić information content (AvgIpc) is 2.81. The van der Waals surface area contributed by atoms with Crippen LogP contribution in [0.3, 0.4) is 0 Å². The highest BCUT2D eigenvalue weighted by molar-refractivity contribution is 4.79. The molecule has 0 spiro atoms. The summed E-state index contributed by atoms with van der Waals surface area (Å²) in [7, 11) is 0. The molecule has 0 saturated carbocycles. The zero-order valence-corrected chi connectivity index (χ0v) is 13.8. The van der Waals surface area contributed by atoms with E-state index in [1.807, 2.05) is 0 Å². The first kappa shape index (κ1) is 16.9. The molecule has 19 heavy (non-hydrogen) atoms. The monoisotopic (exact) mass is 269 g/mol. The highest BCUT2D eigenvalue weighted by Gasteiger charge is 2.23. The number of hydrogen-bond acceptors (Lipinski definition) is 3. The van der Waals surface area contributed by atoms with E-state index in [1.54, 1.807) is 0 Å². The summed E-state index contributed by atoms with van der Waals surface area (Å²) in [6.07, 6.45) is 2.62. The molecule has 0 aromatic heterocycles. The van der Waals surface area contributed by atoms with E-state index in [0.717, 1.165) is 12.5 Å². The van der Waals surface area contributed by atoms with E-state index in [4.69, 9.17) is 0 Å². The maximum absolute atomic E-state index is 3.66. The molecule has 3 nitrogen and oxygen atoms in total. The predicted molar refractivity (Wildman–Crippen MR) is 84.7 cm³/mol. The van der Waals surface area contributed by atoms with Gasteiger partial charge in [0, 0.05) is 31.7 Å². The smallest absolute Gasteiger partial charge is 0.0110 e. The molecule has 1 aliphatic heterocycles. The van der Waals surface area contributed by atoms with Crippen molar-refractivity contribution in [3.63, 3.8) is 0 Å². The molecule has 0 radical (unpaired) electrons. The van der Waals surface area contributed by atoms with E-state index >= 15 is 0 Å². The number of nitrogens with one attached hydrogen (secondary N) is 1. The molecule has 1 aliphatic rings. The Hall–Kier alpha value is -0.120. The van der Waals surface area contributed by atoms with Crippen molar-refractivity contribution in [1.82, 2.24) is 15.1 Å². The molecule has 0 bridgehead atoms.